The van der Waals surface area contributed by atoms with Crippen LogP contribution in [0.4, 0.5) is 0 Å². The molecular formula is C12H21NO2S. The lowest BCUT2D eigenvalue weighted by Gasteiger charge is -2.14. The van der Waals surface area contributed by atoms with Crippen LogP contribution < -0.4 is 5.32 Å². The number of furan rings is 1. The number of thioether (sulfide) groups is 1. The first kappa shape index (κ1) is 13.6. The van der Waals surface area contributed by atoms with Gasteiger partial charge in [-0.25, -0.2) is 0 Å². The van der Waals surface area contributed by atoms with Crippen molar-refractivity contribution in [3.8, 4) is 0 Å². The Hall–Kier alpha value is -0.450. The Labute approximate surface area is 102 Å². The van der Waals surface area contributed by atoms with Crippen molar-refractivity contribution < 1.29 is 9.52 Å². The maximum Gasteiger partial charge on any atom is 0.118 e. The van der Waals surface area contributed by atoms with Gasteiger partial charge in [0.1, 0.15) is 11.5 Å². The van der Waals surface area contributed by atoms with Gasteiger partial charge in [0, 0.05) is 6.04 Å². The smallest absolute Gasteiger partial charge is 0.118 e. The highest BCUT2D eigenvalue weighted by Crippen LogP contribution is 2.13. The second-order valence-electron chi connectivity index (χ2n) is 4.17. The quantitative estimate of drug-likeness (QED) is 0.772. The summed E-state index contributed by atoms with van der Waals surface area (Å²) >= 11 is 1.75. The number of nitrogens with one attached hydrogen (secondary N) is 1. The van der Waals surface area contributed by atoms with Gasteiger partial charge in [-0.3, -0.25) is 0 Å². The molecule has 0 amide bonds. The molecule has 0 saturated carbocycles. The van der Waals surface area contributed by atoms with E-state index in [9.17, 15) is 5.11 Å². The zero-order chi connectivity index (χ0) is 12.0. The summed E-state index contributed by atoms with van der Waals surface area (Å²) in [5.41, 5.74) is 0. The molecule has 0 spiro atoms. The van der Waals surface area contributed by atoms with Crippen molar-refractivity contribution in [1.29, 1.82) is 0 Å². The lowest BCUT2D eigenvalue weighted by atomic mass is 10.1. The summed E-state index contributed by atoms with van der Waals surface area (Å²) < 4.78 is 5.63. The lowest BCUT2D eigenvalue weighted by molar-refractivity contribution is 0.170. The van der Waals surface area contributed by atoms with Crippen LogP contribution in [0.15, 0.2) is 16.5 Å². The maximum absolute atomic E-state index is 9.23. The molecular weight excluding hydrogens is 222 g/mol. The van der Waals surface area contributed by atoms with E-state index in [4.69, 9.17) is 4.42 Å². The van der Waals surface area contributed by atoms with Crippen molar-refractivity contribution in [3.05, 3.63) is 23.7 Å². The summed E-state index contributed by atoms with van der Waals surface area (Å²) in [5, 5.41) is 12.6. The third-order valence-corrected chi connectivity index (χ3v) is 2.90. The first-order valence-corrected chi connectivity index (χ1v) is 6.99. The number of hydrogen-bond donors (Lipinski definition) is 2. The molecule has 1 aromatic heterocycles. The highest BCUT2D eigenvalue weighted by atomic mass is 32.2. The van der Waals surface area contributed by atoms with Gasteiger partial charge in [0.15, 0.2) is 0 Å². The average molecular weight is 243 g/mol. The van der Waals surface area contributed by atoms with Crippen LogP contribution >= 0.6 is 11.8 Å². The van der Waals surface area contributed by atoms with E-state index in [0.717, 1.165) is 30.2 Å². The van der Waals surface area contributed by atoms with E-state index in [2.05, 4.69) is 18.5 Å². The van der Waals surface area contributed by atoms with Crippen molar-refractivity contribution in [1.82, 2.24) is 5.32 Å². The fourth-order valence-electron chi connectivity index (χ4n) is 1.61. The van der Waals surface area contributed by atoms with Crippen molar-refractivity contribution in [2.24, 2.45) is 0 Å². The predicted molar refractivity (Wildman–Crippen MR) is 68.5 cm³/mol. The van der Waals surface area contributed by atoms with Crippen molar-refractivity contribution >= 4 is 11.8 Å². The summed E-state index contributed by atoms with van der Waals surface area (Å²) in [4.78, 5) is 0. The molecule has 1 heterocycles. The monoisotopic (exact) mass is 243 g/mol. The van der Waals surface area contributed by atoms with Crippen molar-refractivity contribution in [2.75, 3.05) is 6.26 Å². The van der Waals surface area contributed by atoms with Crippen LogP contribution in [-0.2, 0) is 12.3 Å². The molecule has 0 saturated heterocycles. The fourth-order valence-corrected chi connectivity index (χ4v) is 2.05. The van der Waals surface area contributed by atoms with E-state index < -0.39 is 0 Å². The molecule has 16 heavy (non-hydrogen) atoms. The molecule has 1 rings (SSSR count). The predicted octanol–water partition coefficient (Wildman–Crippen LogP) is 2.39. The normalized spacial score (nSPS) is 15.0. The molecule has 2 unspecified atom stereocenters. The van der Waals surface area contributed by atoms with Gasteiger partial charge in [-0.15, -0.1) is 0 Å². The Morgan fingerprint density at radius 3 is 2.69 bits per heavy atom. The van der Waals surface area contributed by atoms with Crippen LogP contribution in [0, 0.1) is 0 Å². The molecule has 0 aliphatic heterocycles. The van der Waals surface area contributed by atoms with Gasteiger partial charge in [0.2, 0.25) is 0 Å². The molecule has 0 aliphatic carbocycles. The minimum absolute atomic E-state index is 0.258. The van der Waals surface area contributed by atoms with Crippen LogP contribution in [0.2, 0.25) is 0 Å². The number of aliphatic hydroxyl groups is 1. The molecule has 2 N–H and O–H groups in total. The molecule has 0 aliphatic rings. The van der Waals surface area contributed by atoms with E-state index in [1.54, 1.807) is 11.8 Å². The first-order chi connectivity index (χ1) is 7.61. The Balaban J connectivity index is 2.30. The van der Waals surface area contributed by atoms with Crippen LogP contribution in [0.1, 0.15) is 31.8 Å². The van der Waals surface area contributed by atoms with Gasteiger partial charge in [-0.05, 0) is 38.7 Å². The largest absolute Gasteiger partial charge is 0.464 e. The zero-order valence-corrected chi connectivity index (χ0v) is 11.0. The SMILES string of the molecule is CSCc1ccc(CNC(C)CC(C)O)o1. The summed E-state index contributed by atoms with van der Waals surface area (Å²) in [6, 6.07) is 4.33. The Bertz CT molecular complexity index is 299. The molecule has 0 bridgehead atoms. The molecule has 0 aromatic carbocycles. The van der Waals surface area contributed by atoms with Crippen LogP contribution in [0.3, 0.4) is 0 Å². The lowest BCUT2D eigenvalue weighted by Crippen LogP contribution is -2.28. The maximum atomic E-state index is 9.23. The van der Waals surface area contributed by atoms with Crippen molar-refractivity contribution in [2.45, 2.75) is 44.7 Å². The van der Waals surface area contributed by atoms with Gasteiger partial charge in [0.25, 0.3) is 0 Å². The average Bonchev–Trinajstić information content (AvgIpc) is 2.62. The molecule has 1 aromatic rings. The summed E-state index contributed by atoms with van der Waals surface area (Å²) in [5.74, 6) is 2.90. The molecule has 3 nitrogen and oxygen atoms in total. The molecule has 4 heteroatoms. The van der Waals surface area contributed by atoms with E-state index >= 15 is 0 Å². The second-order valence-corrected chi connectivity index (χ2v) is 5.03. The van der Waals surface area contributed by atoms with Gasteiger partial charge in [-0.1, -0.05) is 0 Å². The third kappa shape index (κ3) is 5.05. The highest BCUT2D eigenvalue weighted by molar-refractivity contribution is 7.97. The molecule has 0 radical (unpaired) electrons. The summed E-state index contributed by atoms with van der Waals surface area (Å²) in [7, 11) is 0. The highest BCUT2D eigenvalue weighted by Gasteiger charge is 2.07. The van der Waals surface area contributed by atoms with Gasteiger partial charge in [0.05, 0.1) is 18.4 Å². The number of aliphatic hydroxyl groups excluding tert-OH is 1. The summed E-state index contributed by atoms with van der Waals surface area (Å²) in [6.07, 6.45) is 2.56. The van der Waals surface area contributed by atoms with Gasteiger partial charge < -0.3 is 14.8 Å². The van der Waals surface area contributed by atoms with Gasteiger partial charge in [-0.2, -0.15) is 11.8 Å². The van der Waals surface area contributed by atoms with E-state index in [1.807, 2.05) is 19.1 Å². The van der Waals surface area contributed by atoms with Crippen LogP contribution in [0.5, 0.6) is 0 Å². The Morgan fingerprint density at radius 1 is 1.38 bits per heavy atom. The second kappa shape index (κ2) is 6.99. The topological polar surface area (TPSA) is 45.4 Å². The van der Waals surface area contributed by atoms with E-state index in [-0.39, 0.29) is 6.10 Å². The number of hydrogen-bond acceptors (Lipinski definition) is 4. The number of rotatable bonds is 7. The van der Waals surface area contributed by atoms with Crippen LogP contribution in [0.25, 0.3) is 0 Å². The molecule has 92 valence electrons. The Morgan fingerprint density at radius 2 is 2.06 bits per heavy atom. The summed E-state index contributed by atoms with van der Waals surface area (Å²) in [6.45, 7) is 4.60. The zero-order valence-electron chi connectivity index (χ0n) is 10.2. The van der Waals surface area contributed by atoms with Crippen molar-refractivity contribution in [3.63, 3.8) is 0 Å². The van der Waals surface area contributed by atoms with E-state index in [0.29, 0.717) is 6.04 Å². The van der Waals surface area contributed by atoms with Crippen LogP contribution in [-0.4, -0.2) is 23.5 Å². The Kier molecular flexibility index (Phi) is 5.95. The third-order valence-electron chi connectivity index (χ3n) is 2.32. The first-order valence-electron chi connectivity index (χ1n) is 5.59. The minimum atomic E-state index is -0.258. The fraction of sp³-hybridized carbons (Fsp3) is 0.667. The standard InChI is InChI=1S/C12H21NO2S/c1-9(6-10(2)14)13-7-11-4-5-12(15-11)8-16-3/h4-5,9-10,13-14H,6-8H2,1-3H3. The minimum Gasteiger partial charge on any atom is -0.464 e. The van der Waals surface area contributed by atoms with E-state index in [1.165, 1.54) is 0 Å². The molecule has 0 fully saturated rings. The van der Waals surface area contributed by atoms with Gasteiger partial charge >= 0.3 is 0 Å². The molecule has 2 atom stereocenters.